The molecule has 6 nitrogen and oxygen atoms in total. The Morgan fingerprint density at radius 2 is 2.16 bits per heavy atom. The predicted octanol–water partition coefficient (Wildman–Crippen LogP) is 1.47. The Bertz CT molecular complexity index is 515. The number of benzene rings is 1. The quantitative estimate of drug-likeness (QED) is 0.717. The molecular weight excluding hydrogens is 248 g/mol. The number of amides is 1. The van der Waals surface area contributed by atoms with Crippen LogP contribution < -0.4 is 11.1 Å². The van der Waals surface area contributed by atoms with Crippen LogP contribution in [0.5, 0.6) is 0 Å². The zero-order valence-corrected chi connectivity index (χ0v) is 10.6. The number of carbonyl (C=O) groups is 2. The van der Waals surface area contributed by atoms with Gasteiger partial charge in [-0.05, 0) is 38.0 Å². The maximum atomic E-state index is 11.9. The van der Waals surface area contributed by atoms with Crippen molar-refractivity contribution in [3.63, 3.8) is 0 Å². The van der Waals surface area contributed by atoms with Crippen molar-refractivity contribution in [2.45, 2.75) is 32.0 Å². The molecule has 0 aromatic heterocycles. The SMILES string of the molecule is CC1CCC(C(=O)Nc2ccc(C(=O)O)cc2N)O1. The van der Waals surface area contributed by atoms with Crippen LogP contribution in [0.25, 0.3) is 0 Å². The third-order valence-corrected chi connectivity index (χ3v) is 3.08. The van der Waals surface area contributed by atoms with Gasteiger partial charge in [0, 0.05) is 0 Å². The van der Waals surface area contributed by atoms with Crippen molar-refractivity contribution in [1.29, 1.82) is 0 Å². The lowest BCUT2D eigenvalue weighted by Gasteiger charge is -2.13. The van der Waals surface area contributed by atoms with Gasteiger partial charge >= 0.3 is 5.97 Å². The summed E-state index contributed by atoms with van der Waals surface area (Å²) in [6.07, 6.45) is 1.15. The third-order valence-electron chi connectivity index (χ3n) is 3.08. The van der Waals surface area contributed by atoms with Gasteiger partial charge in [0.15, 0.2) is 0 Å². The number of nitrogens with two attached hydrogens (primary N) is 1. The summed E-state index contributed by atoms with van der Waals surface area (Å²) in [6, 6.07) is 4.19. The van der Waals surface area contributed by atoms with Gasteiger partial charge in [-0.3, -0.25) is 4.79 Å². The maximum Gasteiger partial charge on any atom is 0.335 e. The van der Waals surface area contributed by atoms with E-state index in [9.17, 15) is 9.59 Å². The molecule has 1 aliphatic rings. The van der Waals surface area contributed by atoms with Crippen LogP contribution in [0.4, 0.5) is 11.4 Å². The number of carbonyl (C=O) groups excluding carboxylic acids is 1. The maximum absolute atomic E-state index is 11.9. The number of rotatable bonds is 3. The van der Waals surface area contributed by atoms with Crippen LogP contribution in [0.2, 0.25) is 0 Å². The molecule has 1 fully saturated rings. The molecule has 0 spiro atoms. The molecule has 2 rings (SSSR count). The van der Waals surface area contributed by atoms with E-state index < -0.39 is 12.1 Å². The van der Waals surface area contributed by atoms with Crippen LogP contribution in [0.1, 0.15) is 30.1 Å². The van der Waals surface area contributed by atoms with Gasteiger partial charge in [0.1, 0.15) is 6.10 Å². The second-order valence-corrected chi connectivity index (χ2v) is 4.61. The van der Waals surface area contributed by atoms with Crippen molar-refractivity contribution in [2.24, 2.45) is 0 Å². The number of carboxylic acid groups (broad SMARTS) is 1. The van der Waals surface area contributed by atoms with Crippen LogP contribution in [0.3, 0.4) is 0 Å². The summed E-state index contributed by atoms with van der Waals surface area (Å²) in [5.74, 6) is -1.31. The fourth-order valence-corrected chi connectivity index (χ4v) is 2.02. The van der Waals surface area contributed by atoms with Crippen molar-refractivity contribution in [3.05, 3.63) is 23.8 Å². The minimum absolute atomic E-state index is 0.0845. The summed E-state index contributed by atoms with van der Waals surface area (Å²) >= 11 is 0. The lowest BCUT2D eigenvalue weighted by atomic mass is 10.1. The zero-order chi connectivity index (χ0) is 14.0. The Hall–Kier alpha value is -2.08. The fourth-order valence-electron chi connectivity index (χ4n) is 2.02. The van der Waals surface area contributed by atoms with Gasteiger partial charge in [-0.1, -0.05) is 0 Å². The second-order valence-electron chi connectivity index (χ2n) is 4.61. The van der Waals surface area contributed by atoms with Crippen LogP contribution in [0.15, 0.2) is 18.2 Å². The lowest BCUT2D eigenvalue weighted by Crippen LogP contribution is -2.28. The summed E-state index contributed by atoms with van der Waals surface area (Å²) in [5.41, 5.74) is 6.42. The van der Waals surface area contributed by atoms with Gasteiger partial charge in [0.2, 0.25) is 0 Å². The van der Waals surface area contributed by atoms with E-state index in [1.165, 1.54) is 18.2 Å². The standard InChI is InChI=1S/C13H16N2O4/c1-7-2-5-11(19-7)12(16)15-10-4-3-8(13(17)18)6-9(10)14/h3-4,6-7,11H,2,5,14H2,1H3,(H,15,16)(H,17,18). The Morgan fingerprint density at radius 1 is 1.42 bits per heavy atom. The molecule has 1 aliphatic heterocycles. The number of nitrogens with one attached hydrogen (secondary N) is 1. The third kappa shape index (κ3) is 3.03. The molecule has 1 amide bonds. The van der Waals surface area contributed by atoms with Gasteiger partial charge in [-0.15, -0.1) is 0 Å². The summed E-state index contributed by atoms with van der Waals surface area (Å²) in [6.45, 7) is 1.92. The molecule has 0 radical (unpaired) electrons. The molecule has 2 unspecified atom stereocenters. The van der Waals surface area contributed by atoms with E-state index in [2.05, 4.69) is 5.32 Å². The van der Waals surface area contributed by atoms with Gasteiger partial charge in [0.25, 0.3) is 5.91 Å². The zero-order valence-electron chi connectivity index (χ0n) is 10.6. The van der Waals surface area contributed by atoms with Gasteiger partial charge in [0.05, 0.1) is 23.0 Å². The van der Waals surface area contributed by atoms with Crippen molar-refractivity contribution >= 4 is 23.3 Å². The summed E-state index contributed by atoms with van der Waals surface area (Å²) in [5, 5.41) is 11.5. The first kappa shape index (κ1) is 13.4. The first-order valence-corrected chi connectivity index (χ1v) is 6.06. The first-order chi connectivity index (χ1) is 8.97. The van der Waals surface area contributed by atoms with E-state index in [0.29, 0.717) is 12.1 Å². The number of hydrogen-bond donors (Lipinski definition) is 3. The highest BCUT2D eigenvalue weighted by molar-refractivity contribution is 5.98. The first-order valence-electron chi connectivity index (χ1n) is 6.06. The van der Waals surface area contributed by atoms with Crippen molar-refractivity contribution in [1.82, 2.24) is 0 Å². The van der Waals surface area contributed by atoms with E-state index in [-0.39, 0.29) is 23.3 Å². The highest BCUT2D eigenvalue weighted by Gasteiger charge is 2.28. The largest absolute Gasteiger partial charge is 0.478 e. The summed E-state index contributed by atoms with van der Waals surface area (Å²) < 4.78 is 5.45. The van der Waals surface area contributed by atoms with Gasteiger partial charge < -0.3 is 20.9 Å². The van der Waals surface area contributed by atoms with Crippen LogP contribution in [0, 0.1) is 0 Å². The van der Waals surface area contributed by atoms with Crippen molar-refractivity contribution in [2.75, 3.05) is 11.1 Å². The van der Waals surface area contributed by atoms with Crippen LogP contribution in [-0.2, 0) is 9.53 Å². The van der Waals surface area contributed by atoms with Crippen LogP contribution in [-0.4, -0.2) is 29.2 Å². The van der Waals surface area contributed by atoms with Crippen molar-refractivity contribution < 1.29 is 19.4 Å². The minimum atomic E-state index is -1.06. The average molecular weight is 264 g/mol. The Labute approximate surface area is 110 Å². The smallest absolute Gasteiger partial charge is 0.335 e. The second kappa shape index (κ2) is 5.27. The highest BCUT2D eigenvalue weighted by atomic mass is 16.5. The van der Waals surface area contributed by atoms with E-state index in [1.54, 1.807) is 0 Å². The minimum Gasteiger partial charge on any atom is -0.478 e. The number of aromatic carboxylic acids is 1. The summed E-state index contributed by atoms with van der Waals surface area (Å²) in [4.78, 5) is 22.7. The topological polar surface area (TPSA) is 102 Å². The van der Waals surface area contributed by atoms with Crippen LogP contribution >= 0.6 is 0 Å². The van der Waals surface area contributed by atoms with E-state index in [4.69, 9.17) is 15.6 Å². The normalized spacial score (nSPS) is 22.2. The molecule has 102 valence electrons. The molecule has 19 heavy (non-hydrogen) atoms. The fraction of sp³-hybridized carbons (Fsp3) is 0.385. The Kier molecular flexibility index (Phi) is 3.71. The van der Waals surface area contributed by atoms with E-state index >= 15 is 0 Å². The molecule has 6 heteroatoms. The molecule has 0 saturated carbocycles. The number of anilines is 2. The number of carboxylic acids is 1. The van der Waals surface area contributed by atoms with Gasteiger partial charge in [-0.25, -0.2) is 4.79 Å². The Morgan fingerprint density at radius 3 is 2.68 bits per heavy atom. The van der Waals surface area contributed by atoms with Gasteiger partial charge in [-0.2, -0.15) is 0 Å². The predicted molar refractivity (Wildman–Crippen MR) is 70.0 cm³/mol. The molecule has 1 aromatic rings. The summed E-state index contributed by atoms with van der Waals surface area (Å²) in [7, 11) is 0. The Balaban J connectivity index is 2.07. The number of hydrogen-bond acceptors (Lipinski definition) is 4. The molecule has 0 bridgehead atoms. The monoisotopic (exact) mass is 264 g/mol. The lowest BCUT2D eigenvalue weighted by molar-refractivity contribution is -0.126. The average Bonchev–Trinajstić information content (AvgIpc) is 2.78. The molecule has 0 aliphatic carbocycles. The number of nitrogen functional groups attached to an aromatic ring is 1. The van der Waals surface area contributed by atoms with E-state index in [0.717, 1.165) is 6.42 Å². The highest BCUT2D eigenvalue weighted by Crippen LogP contribution is 2.23. The molecule has 2 atom stereocenters. The number of ether oxygens (including phenoxy) is 1. The molecule has 1 aromatic carbocycles. The molecule has 1 saturated heterocycles. The molecular formula is C13H16N2O4. The molecule has 1 heterocycles. The van der Waals surface area contributed by atoms with E-state index in [1.807, 2.05) is 6.92 Å². The van der Waals surface area contributed by atoms with Crippen molar-refractivity contribution in [3.8, 4) is 0 Å². The molecule has 4 N–H and O–H groups in total.